The van der Waals surface area contributed by atoms with Crippen LogP contribution >= 0.6 is 22.6 Å². The molecule has 1 saturated heterocycles. The molecule has 2 aromatic carbocycles. The Balaban J connectivity index is 1.42. The van der Waals surface area contributed by atoms with Crippen LogP contribution in [0.15, 0.2) is 48.5 Å². The molecule has 0 radical (unpaired) electrons. The van der Waals surface area contributed by atoms with Crippen molar-refractivity contribution in [2.24, 2.45) is 0 Å². The van der Waals surface area contributed by atoms with Crippen LogP contribution in [0.2, 0.25) is 0 Å². The molecule has 0 aliphatic carbocycles. The molecule has 0 atom stereocenters. The average Bonchev–Trinajstić information content (AvgIpc) is 2.61. The largest absolute Gasteiger partial charge is 0.298 e. The van der Waals surface area contributed by atoms with Gasteiger partial charge in [0.1, 0.15) is 5.82 Å². The van der Waals surface area contributed by atoms with E-state index in [1.165, 1.54) is 15.7 Å². The number of benzene rings is 2. The van der Waals surface area contributed by atoms with Crippen molar-refractivity contribution in [1.82, 2.24) is 9.80 Å². The lowest BCUT2D eigenvalue weighted by molar-refractivity contribution is -0.120. The molecule has 0 unspecified atom stereocenters. The number of hydrogen-bond acceptors (Lipinski definition) is 3. The third-order valence-electron chi connectivity index (χ3n) is 4.50. The van der Waals surface area contributed by atoms with E-state index in [4.69, 9.17) is 0 Å². The summed E-state index contributed by atoms with van der Waals surface area (Å²) in [5.74, 6) is 0.0772. The van der Waals surface area contributed by atoms with Crippen molar-refractivity contribution >= 4 is 28.4 Å². The van der Waals surface area contributed by atoms with Crippen molar-refractivity contribution in [3.8, 4) is 0 Å². The Kier molecular flexibility index (Phi) is 6.56. The first-order chi connectivity index (χ1) is 12.1. The zero-order chi connectivity index (χ0) is 17.6. The number of carbonyl (C=O) groups is 1. The zero-order valence-electron chi connectivity index (χ0n) is 14.1. The molecule has 0 spiro atoms. The van der Waals surface area contributed by atoms with E-state index in [-0.39, 0.29) is 11.6 Å². The maximum absolute atomic E-state index is 13.0. The Labute approximate surface area is 162 Å². The van der Waals surface area contributed by atoms with Gasteiger partial charge in [0.2, 0.25) is 0 Å². The summed E-state index contributed by atoms with van der Waals surface area (Å²) in [5, 5.41) is 0. The molecule has 0 amide bonds. The molecular weight excluding hydrogens is 430 g/mol. The second kappa shape index (κ2) is 8.87. The molecule has 1 fully saturated rings. The van der Waals surface area contributed by atoms with Gasteiger partial charge in [-0.3, -0.25) is 14.6 Å². The highest BCUT2D eigenvalue weighted by atomic mass is 127. The molecule has 3 rings (SSSR count). The molecule has 0 aromatic heterocycles. The maximum Gasteiger partial charge on any atom is 0.151 e. The van der Waals surface area contributed by atoms with Crippen LogP contribution in [0.4, 0.5) is 4.39 Å². The second-order valence-corrected chi connectivity index (χ2v) is 7.77. The minimum atomic E-state index is -0.194. The molecule has 0 bridgehead atoms. The topological polar surface area (TPSA) is 23.6 Å². The predicted molar refractivity (Wildman–Crippen MR) is 106 cm³/mol. The first-order valence-electron chi connectivity index (χ1n) is 8.54. The van der Waals surface area contributed by atoms with E-state index < -0.39 is 0 Å². The Hall–Kier alpha value is -1.31. The summed E-state index contributed by atoms with van der Waals surface area (Å²) in [7, 11) is 0. The Morgan fingerprint density at radius 3 is 2.08 bits per heavy atom. The number of hydrogen-bond donors (Lipinski definition) is 0. The quantitative estimate of drug-likeness (QED) is 0.629. The molecule has 0 N–H and O–H groups in total. The van der Waals surface area contributed by atoms with Crippen LogP contribution in [0, 0.1) is 9.39 Å². The van der Waals surface area contributed by atoms with Crippen LogP contribution in [0.3, 0.4) is 0 Å². The van der Waals surface area contributed by atoms with E-state index >= 15 is 0 Å². The average molecular weight is 452 g/mol. The number of ketones is 1. The van der Waals surface area contributed by atoms with E-state index in [2.05, 4.69) is 32.4 Å². The highest BCUT2D eigenvalue weighted by Gasteiger charge is 2.19. The normalized spacial score (nSPS) is 16.1. The summed E-state index contributed by atoms with van der Waals surface area (Å²) >= 11 is 2.27. The van der Waals surface area contributed by atoms with Gasteiger partial charge in [0, 0.05) is 42.7 Å². The molecule has 2 aromatic rings. The number of rotatable bonds is 6. The summed E-state index contributed by atoms with van der Waals surface area (Å²) < 4.78 is 14.1. The van der Waals surface area contributed by atoms with Gasteiger partial charge in [0.15, 0.2) is 5.78 Å². The summed E-state index contributed by atoms with van der Waals surface area (Å²) in [6.07, 6.45) is 0.507. The van der Waals surface area contributed by atoms with Gasteiger partial charge in [-0.25, -0.2) is 4.39 Å². The molecular formula is C20H22FIN2O. The van der Waals surface area contributed by atoms with E-state index in [9.17, 15) is 9.18 Å². The SMILES string of the molecule is O=C(Cc1ccc(I)cc1)CN1CCN(Cc2ccc(F)cc2)CC1. The number of nitrogens with zero attached hydrogens (tertiary/aromatic N) is 2. The van der Waals surface area contributed by atoms with Gasteiger partial charge in [-0.2, -0.15) is 0 Å². The first-order valence-corrected chi connectivity index (χ1v) is 9.62. The lowest BCUT2D eigenvalue weighted by atomic mass is 10.1. The summed E-state index contributed by atoms with van der Waals surface area (Å²) in [6.45, 7) is 5.04. The Morgan fingerprint density at radius 2 is 1.44 bits per heavy atom. The third kappa shape index (κ3) is 5.87. The molecule has 5 heteroatoms. The standard InChI is InChI=1S/C20H22FIN2O/c21-18-5-1-17(2-6-18)14-23-9-11-24(12-10-23)15-20(25)13-16-3-7-19(22)8-4-16/h1-8H,9-15H2. The minimum absolute atomic E-state index is 0.194. The van der Waals surface area contributed by atoms with Gasteiger partial charge in [0.25, 0.3) is 0 Å². The van der Waals surface area contributed by atoms with Crippen LogP contribution in [0.25, 0.3) is 0 Å². The van der Waals surface area contributed by atoms with Crippen LogP contribution < -0.4 is 0 Å². The lowest BCUT2D eigenvalue weighted by Gasteiger charge is -2.34. The van der Waals surface area contributed by atoms with Crippen molar-refractivity contribution < 1.29 is 9.18 Å². The van der Waals surface area contributed by atoms with E-state index in [1.54, 1.807) is 0 Å². The van der Waals surface area contributed by atoms with Crippen molar-refractivity contribution in [2.45, 2.75) is 13.0 Å². The fourth-order valence-corrected chi connectivity index (χ4v) is 3.45. The van der Waals surface area contributed by atoms with Crippen LogP contribution in [-0.4, -0.2) is 48.3 Å². The van der Waals surface area contributed by atoms with E-state index in [0.29, 0.717) is 13.0 Å². The Morgan fingerprint density at radius 1 is 0.880 bits per heavy atom. The van der Waals surface area contributed by atoms with Crippen molar-refractivity contribution in [2.75, 3.05) is 32.7 Å². The van der Waals surface area contributed by atoms with E-state index in [0.717, 1.165) is 43.9 Å². The van der Waals surface area contributed by atoms with Gasteiger partial charge in [-0.1, -0.05) is 24.3 Å². The molecule has 132 valence electrons. The molecule has 1 aliphatic heterocycles. The Bertz CT molecular complexity index is 695. The van der Waals surface area contributed by atoms with Gasteiger partial charge in [0.05, 0.1) is 6.54 Å². The van der Waals surface area contributed by atoms with Crippen molar-refractivity contribution in [3.05, 3.63) is 69.0 Å². The third-order valence-corrected chi connectivity index (χ3v) is 5.22. The van der Waals surface area contributed by atoms with Crippen LogP contribution in [-0.2, 0) is 17.8 Å². The van der Waals surface area contributed by atoms with Gasteiger partial charge < -0.3 is 0 Å². The maximum atomic E-state index is 13.0. The monoisotopic (exact) mass is 452 g/mol. The first kappa shape index (κ1) is 18.5. The lowest BCUT2D eigenvalue weighted by Crippen LogP contribution is -2.47. The van der Waals surface area contributed by atoms with Crippen LogP contribution in [0.1, 0.15) is 11.1 Å². The zero-order valence-corrected chi connectivity index (χ0v) is 16.3. The number of Topliss-reactive ketones (excluding diaryl/α,β-unsaturated/α-hetero) is 1. The number of piperazine rings is 1. The highest BCUT2D eigenvalue weighted by molar-refractivity contribution is 14.1. The smallest absolute Gasteiger partial charge is 0.151 e. The molecule has 1 aliphatic rings. The fourth-order valence-electron chi connectivity index (χ4n) is 3.09. The van der Waals surface area contributed by atoms with Gasteiger partial charge in [-0.15, -0.1) is 0 Å². The fraction of sp³-hybridized carbons (Fsp3) is 0.350. The molecule has 3 nitrogen and oxygen atoms in total. The highest BCUT2D eigenvalue weighted by Crippen LogP contribution is 2.11. The second-order valence-electron chi connectivity index (χ2n) is 6.52. The summed E-state index contributed by atoms with van der Waals surface area (Å²) in [5.41, 5.74) is 2.21. The molecule has 25 heavy (non-hydrogen) atoms. The van der Waals surface area contributed by atoms with E-state index in [1.807, 2.05) is 36.4 Å². The minimum Gasteiger partial charge on any atom is -0.298 e. The molecule has 0 saturated carbocycles. The molecule has 1 heterocycles. The predicted octanol–water partition coefficient (Wildman–Crippen LogP) is 3.36. The summed E-state index contributed by atoms with van der Waals surface area (Å²) in [4.78, 5) is 16.9. The number of carbonyl (C=O) groups excluding carboxylic acids is 1. The number of halogens is 2. The van der Waals surface area contributed by atoms with Gasteiger partial charge in [-0.05, 0) is 58.0 Å². The van der Waals surface area contributed by atoms with Crippen molar-refractivity contribution in [3.63, 3.8) is 0 Å². The van der Waals surface area contributed by atoms with Gasteiger partial charge >= 0.3 is 0 Å². The van der Waals surface area contributed by atoms with Crippen LogP contribution in [0.5, 0.6) is 0 Å². The summed E-state index contributed by atoms with van der Waals surface area (Å²) in [6, 6.07) is 14.8. The van der Waals surface area contributed by atoms with Crippen molar-refractivity contribution in [1.29, 1.82) is 0 Å².